The molecule has 0 aromatic carbocycles. The van der Waals surface area contributed by atoms with Crippen LogP contribution in [0.4, 0.5) is 0 Å². The lowest BCUT2D eigenvalue weighted by Crippen LogP contribution is -2.52. The van der Waals surface area contributed by atoms with Crippen molar-refractivity contribution in [2.45, 2.75) is 109 Å². The molecule has 23 nitrogen and oxygen atoms in total. The van der Waals surface area contributed by atoms with E-state index in [0.717, 1.165) is 0 Å². The number of rotatable bonds is 36. The van der Waals surface area contributed by atoms with Gasteiger partial charge in [0.1, 0.15) is 6.04 Å². The van der Waals surface area contributed by atoms with Crippen LogP contribution in [-0.4, -0.2) is 169 Å². The van der Waals surface area contributed by atoms with E-state index in [-0.39, 0.29) is 129 Å². The molecule has 1 heterocycles. The normalized spacial score (nSPS) is 12.7. The number of nitrogens with one attached hydrogen (secondary N) is 7. The van der Waals surface area contributed by atoms with Crippen LogP contribution in [0.25, 0.3) is 0 Å². The number of unbranched alkanes of at least 4 members (excludes halogenated alkanes) is 6. The zero-order valence-electron chi connectivity index (χ0n) is 35.6. The molecular formula is C39H67N9O14. The van der Waals surface area contributed by atoms with Crippen LogP contribution in [0, 0.1) is 0 Å². The van der Waals surface area contributed by atoms with Gasteiger partial charge in [-0.1, -0.05) is 19.3 Å². The van der Waals surface area contributed by atoms with Crippen LogP contribution in [0.3, 0.4) is 0 Å². The topological polar surface area (TPSA) is 331 Å². The monoisotopic (exact) mass is 885 g/mol. The van der Waals surface area contributed by atoms with Crippen molar-refractivity contribution in [2.75, 3.05) is 78.7 Å². The van der Waals surface area contributed by atoms with Crippen molar-refractivity contribution in [3.05, 3.63) is 0 Å². The SMILES string of the molecule is O=C(CCCCCNC(=O)CN(CC(=O)NCCCCCC(=O)ON1C(=O)CCC1=O)CC(=O)N[C@@H](CCC(=O)NCCO)C(=O)NCCCCCC(=O)NCCO)NCCO. The highest BCUT2D eigenvalue weighted by Gasteiger charge is 2.32. The summed E-state index contributed by atoms with van der Waals surface area (Å²) in [5.41, 5.74) is 0. The van der Waals surface area contributed by atoms with Gasteiger partial charge in [0.25, 0.3) is 11.8 Å². The summed E-state index contributed by atoms with van der Waals surface area (Å²) in [5, 5.41) is 45.5. The van der Waals surface area contributed by atoms with Gasteiger partial charge in [-0.25, -0.2) is 4.79 Å². The molecule has 0 bridgehead atoms. The Kier molecular flexibility index (Phi) is 30.3. The number of nitrogens with zero attached hydrogens (tertiary/aromatic N) is 2. The molecule has 23 heteroatoms. The molecule has 1 aliphatic heterocycles. The Hall–Kier alpha value is -5.26. The van der Waals surface area contributed by atoms with E-state index in [1.54, 1.807) is 0 Å². The van der Waals surface area contributed by atoms with Crippen molar-refractivity contribution in [3.8, 4) is 0 Å². The molecule has 0 unspecified atom stereocenters. The Morgan fingerprint density at radius 2 is 0.903 bits per heavy atom. The standard InChI is InChI=1S/C39H67N9O14/c49-23-20-42-30(52)10-4-1-7-17-40-33(55)26-47(27-34(56)41-18-8-3-6-12-38(60)62-48-36(58)15-16-37(48)59)28-35(57)46-29(13-14-32(54)44-22-25-51)39(61)45-19-9-2-5-11-31(53)43-21-24-50/h29,49-51H,1-28H2,(H,40,55)(H,41,56)(H,42,52)(H,43,53)(H,44,54)(H,45,61)(H,46,57)/t29-/m0/s1. The average molecular weight is 886 g/mol. The van der Waals surface area contributed by atoms with Gasteiger partial charge in [0.15, 0.2) is 0 Å². The van der Waals surface area contributed by atoms with E-state index in [9.17, 15) is 47.9 Å². The molecule has 0 spiro atoms. The Balaban J connectivity index is 2.79. The zero-order valence-corrected chi connectivity index (χ0v) is 35.6. The minimum Gasteiger partial charge on any atom is -0.395 e. The lowest BCUT2D eigenvalue weighted by molar-refractivity contribution is -0.197. The van der Waals surface area contributed by atoms with E-state index in [4.69, 9.17) is 20.2 Å². The van der Waals surface area contributed by atoms with Crippen molar-refractivity contribution in [1.29, 1.82) is 0 Å². The van der Waals surface area contributed by atoms with E-state index < -0.39 is 59.9 Å². The highest BCUT2D eigenvalue weighted by molar-refractivity contribution is 6.01. The maximum atomic E-state index is 13.4. The molecule has 0 radical (unpaired) electrons. The number of hydroxylamine groups is 2. The molecule has 0 aromatic rings. The van der Waals surface area contributed by atoms with Gasteiger partial charge in [0.2, 0.25) is 41.4 Å². The predicted molar refractivity (Wildman–Crippen MR) is 220 cm³/mol. The minimum absolute atomic E-state index is 0.00157. The number of carbonyl (C=O) groups is 10. The Labute approximate surface area is 361 Å². The van der Waals surface area contributed by atoms with E-state index in [1.165, 1.54) is 4.90 Å². The fourth-order valence-corrected chi connectivity index (χ4v) is 5.87. The Morgan fingerprint density at radius 3 is 1.37 bits per heavy atom. The molecule has 0 saturated carbocycles. The van der Waals surface area contributed by atoms with Crippen molar-refractivity contribution in [1.82, 2.24) is 47.2 Å². The van der Waals surface area contributed by atoms with E-state index in [0.29, 0.717) is 62.9 Å². The number of aliphatic hydroxyl groups excluding tert-OH is 3. The molecule has 1 rings (SSSR count). The van der Waals surface area contributed by atoms with Gasteiger partial charge < -0.3 is 57.4 Å². The Morgan fingerprint density at radius 1 is 0.500 bits per heavy atom. The second-order valence-corrected chi connectivity index (χ2v) is 14.5. The highest BCUT2D eigenvalue weighted by atomic mass is 16.7. The van der Waals surface area contributed by atoms with Crippen molar-refractivity contribution in [3.63, 3.8) is 0 Å². The third kappa shape index (κ3) is 27.6. The van der Waals surface area contributed by atoms with Gasteiger partial charge >= 0.3 is 5.97 Å². The van der Waals surface area contributed by atoms with E-state index >= 15 is 0 Å². The van der Waals surface area contributed by atoms with Crippen molar-refractivity contribution in [2.24, 2.45) is 0 Å². The first-order chi connectivity index (χ1) is 29.8. The number of imide groups is 1. The second kappa shape index (κ2) is 34.3. The van der Waals surface area contributed by atoms with Crippen LogP contribution in [0.1, 0.15) is 103 Å². The largest absolute Gasteiger partial charge is 0.395 e. The summed E-state index contributed by atoms with van der Waals surface area (Å²) in [5.74, 6) is -5.03. The van der Waals surface area contributed by atoms with E-state index in [1.807, 2.05) is 0 Å². The molecular weight excluding hydrogens is 818 g/mol. The van der Waals surface area contributed by atoms with Crippen molar-refractivity contribution < 1.29 is 68.1 Å². The van der Waals surface area contributed by atoms with Gasteiger partial charge in [-0.05, 0) is 44.9 Å². The molecule has 9 amide bonds. The smallest absolute Gasteiger partial charge is 0.333 e. The van der Waals surface area contributed by atoms with Gasteiger partial charge in [-0.3, -0.25) is 48.1 Å². The summed E-state index contributed by atoms with van der Waals surface area (Å²) in [6.07, 6.45) is 4.88. The van der Waals surface area contributed by atoms with Gasteiger partial charge in [-0.15, -0.1) is 5.06 Å². The second-order valence-electron chi connectivity index (χ2n) is 14.5. The van der Waals surface area contributed by atoms with Crippen LogP contribution < -0.4 is 37.2 Å². The molecule has 62 heavy (non-hydrogen) atoms. The Bertz CT molecular complexity index is 1440. The van der Waals surface area contributed by atoms with Crippen LogP contribution in [-0.2, 0) is 52.8 Å². The van der Waals surface area contributed by atoms with Gasteiger partial charge in [0.05, 0.1) is 39.5 Å². The molecule has 1 aliphatic rings. The lowest BCUT2D eigenvalue weighted by Gasteiger charge is -2.23. The molecule has 1 atom stereocenters. The first kappa shape index (κ1) is 54.8. The molecule has 352 valence electrons. The highest BCUT2D eigenvalue weighted by Crippen LogP contribution is 2.13. The summed E-state index contributed by atoms with van der Waals surface area (Å²) in [7, 11) is 0. The quantitative estimate of drug-likeness (QED) is 0.0216. The van der Waals surface area contributed by atoms with Crippen LogP contribution in [0.5, 0.6) is 0 Å². The third-order valence-electron chi connectivity index (χ3n) is 9.08. The maximum absolute atomic E-state index is 13.4. The molecule has 1 saturated heterocycles. The maximum Gasteiger partial charge on any atom is 0.333 e. The summed E-state index contributed by atoms with van der Waals surface area (Å²) >= 11 is 0. The summed E-state index contributed by atoms with van der Waals surface area (Å²) in [6.45, 7) is -0.840. The fraction of sp³-hybridized carbons (Fsp3) is 0.744. The third-order valence-corrected chi connectivity index (χ3v) is 9.08. The zero-order chi connectivity index (χ0) is 46.0. The molecule has 0 aromatic heterocycles. The molecule has 10 N–H and O–H groups in total. The number of amides is 9. The number of carbonyl (C=O) groups excluding carboxylic acids is 10. The molecule has 1 fully saturated rings. The first-order valence-electron chi connectivity index (χ1n) is 21.3. The average Bonchev–Trinajstić information content (AvgIpc) is 3.55. The number of aliphatic hydroxyl groups is 3. The fourth-order valence-electron chi connectivity index (χ4n) is 5.87. The lowest BCUT2D eigenvalue weighted by atomic mass is 10.1. The molecule has 0 aliphatic carbocycles. The van der Waals surface area contributed by atoms with Crippen molar-refractivity contribution >= 4 is 59.1 Å². The first-order valence-corrected chi connectivity index (χ1v) is 21.3. The summed E-state index contributed by atoms with van der Waals surface area (Å²) in [4.78, 5) is 130. The number of hydrogen-bond acceptors (Lipinski definition) is 15. The summed E-state index contributed by atoms with van der Waals surface area (Å²) in [6, 6.07) is -1.17. The van der Waals surface area contributed by atoms with Gasteiger partial charge in [-0.2, -0.15) is 0 Å². The van der Waals surface area contributed by atoms with Crippen LogP contribution in [0.15, 0.2) is 0 Å². The number of hydrogen-bond donors (Lipinski definition) is 10. The van der Waals surface area contributed by atoms with Gasteiger partial charge in [0, 0.05) is 77.8 Å². The predicted octanol–water partition coefficient (Wildman–Crippen LogP) is -3.48. The van der Waals surface area contributed by atoms with E-state index in [2.05, 4.69) is 37.2 Å². The minimum atomic E-state index is -1.17. The summed E-state index contributed by atoms with van der Waals surface area (Å²) < 4.78 is 0. The van der Waals surface area contributed by atoms with Crippen LogP contribution >= 0.6 is 0 Å². The van der Waals surface area contributed by atoms with Crippen LogP contribution in [0.2, 0.25) is 0 Å².